The van der Waals surface area contributed by atoms with Gasteiger partial charge in [0.2, 0.25) is 0 Å². The second kappa shape index (κ2) is 7.17. The Morgan fingerprint density at radius 1 is 1.15 bits per heavy atom. The fraction of sp³-hybridized carbons (Fsp3) is 0.750. The van der Waals surface area contributed by atoms with E-state index in [4.69, 9.17) is 4.74 Å². The van der Waals surface area contributed by atoms with Gasteiger partial charge in [-0.1, -0.05) is 20.8 Å². The minimum atomic E-state index is -0.533. The lowest BCUT2D eigenvalue weighted by molar-refractivity contribution is 0.0221. The topological polar surface area (TPSA) is 87.3 Å². The molecule has 0 atom stereocenters. The van der Waals surface area contributed by atoms with Crippen LogP contribution in [0.15, 0.2) is 0 Å². The maximum absolute atomic E-state index is 12.8. The van der Waals surface area contributed by atoms with Crippen LogP contribution in [0.2, 0.25) is 0 Å². The van der Waals surface area contributed by atoms with Crippen molar-refractivity contribution in [3.8, 4) is 0 Å². The molecule has 2 N–H and O–H groups in total. The summed E-state index contributed by atoms with van der Waals surface area (Å²) in [6.07, 6.45) is 1.08. The highest BCUT2D eigenvalue weighted by Crippen LogP contribution is 2.28. The van der Waals surface area contributed by atoms with Gasteiger partial charge in [-0.25, -0.2) is 4.79 Å². The maximum Gasteiger partial charge on any atom is 0.410 e. The van der Waals surface area contributed by atoms with Crippen molar-refractivity contribution in [2.45, 2.75) is 85.9 Å². The molecule has 0 unspecified atom stereocenters. The van der Waals surface area contributed by atoms with Gasteiger partial charge in [-0.05, 0) is 52.9 Å². The van der Waals surface area contributed by atoms with Crippen LogP contribution in [0.25, 0.3) is 0 Å². The average molecular weight is 379 g/mol. The molecule has 1 aliphatic rings. The first kappa shape index (κ1) is 21.3. The minimum Gasteiger partial charge on any atom is -0.444 e. The number of hydrogen-bond acceptors (Lipinski definition) is 4. The maximum atomic E-state index is 12.8. The quantitative estimate of drug-likeness (QED) is 0.840. The number of fused-ring (bicyclic) bond motifs is 1. The van der Waals surface area contributed by atoms with E-state index in [1.165, 1.54) is 0 Å². The van der Waals surface area contributed by atoms with Gasteiger partial charge < -0.3 is 15.0 Å². The normalized spacial score (nSPS) is 15.3. The monoisotopic (exact) mass is 378 g/mol. The molecule has 1 aromatic rings. The largest absolute Gasteiger partial charge is 0.444 e. The number of nitrogens with one attached hydrogen (secondary N) is 2. The van der Waals surface area contributed by atoms with Crippen LogP contribution >= 0.6 is 0 Å². The van der Waals surface area contributed by atoms with Gasteiger partial charge in [0.25, 0.3) is 5.91 Å². The zero-order valence-electron chi connectivity index (χ0n) is 17.9. The molecule has 2 rings (SSSR count). The molecule has 1 aromatic heterocycles. The number of aromatic nitrogens is 2. The molecular formula is C20H34N4O3. The summed E-state index contributed by atoms with van der Waals surface area (Å²) < 4.78 is 5.43. The van der Waals surface area contributed by atoms with Crippen LogP contribution in [-0.2, 0) is 17.7 Å². The minimum absolute atomic E-state index is 0.107. The van der Waals surface area contributed by atoms with Crippen LogP contribution in [-0.4, -0.2) is 44.8 Å². The fourth-order valence-corrected chi connectivity index (χ4v) is 3.72. The Balaban J connectivity index is 2.08. The second-order valence-corrected chi connectivity index (χ2v) is 10.3. The van der Waals surface area contributed by atoms with E-state index >= 15 is 0 Å². The third-order valence-electron chi connectivity index (χ3n) is 4.22. The molecule has 1 aliphatic heterocycles. The van der Waals surface area contributed by atoms with Crippen molar-refractivity contribution in [1.82, 2.24) is 20.4 Å². The van der Waals surface area contributed by atoms with Crippen LogP contribution in [0.5, 0.6) is 0 Å². The lowest BCUT2D eigenvalue weighted by atomic mass is 9.81. The van der Waals surface area contributed by atoms with Crippen LogP contribution in [0.3, 0.4) is 0 Å². The van der Waals surface area contributed by atoms with Gasteiger partial charge in [0.1, 0.15) is 5.60 Å². The van der Waals surface area contributed by atoms with E-state index in [1.54, 1.807) is 4.90 Å². The Labute approximate surface area is 162 Å². The fourth-order valence-electron chi connectivity index (χ4n) is 3.72. The van der Waals surface area contributed by atoms with Gasteiger partial charge in [0.15, 0.2) is 5.69 Å². The summed E-state index contributed by atoms with van der Waals surface area (Å²) >= 11 is 0. The van der Waals surface area contributed by atoms with Gasteiger partial charge in [0.05, 0.1) is 12.2 Å². The van der Waals surface area contributed by atoms with E-state index in [-0.39, 0.29) is 23.0 Å². The molecule has 0 aromatic carbocycles. The number of ether oxygens (including phenoxy) is 1. The molecule has 0 aliphatic carbocycles. The van der Waals surface area contributed by atoms with Crippen molar-refractivity contribution in [2.24, 2.45) is 5.41 Å². The number of carbonyl (C=O) groups is 2. The lowest BCUT2D eigenvalue weighted by Crippen LogP contribution is -2.46. The van der Waals surface area contributed by atoms with Crippen molar-refractivity contribution in [3.05, 3.63) is 17.0 Å². The first-order valence-electron chi connectivity index (χ1n) is 9.53. The summed E-state index contributed by atoms with van der Waals surface area (Å²) in [6.45, 7) is 16.9. The molecule has 2 heterocycles. The van der Waals surface area contributed by atoms with Crippen molar-refractivity contribution in [1.29, 1.82) is 0 Å². The van der Waals surface area contributed by atoms with E-state index in [0.29, 0.717) is 25.2 Å². The van der Waals surface area contributed by atoms with Gasteiger partial charge in [0, 0.05) is 17.6 Å². The molecule has 0 spiro atoms. The first-order chi connectivity index (χ1) is 12.2. The predicted octanol–water partition coefficient (Wildman–Crippen LogP) is 3.65. The van der Waals surface area contributed by atoms with Crippen molar-refractivity contribution < 1.29 is 14.3 Å². The number of hydrogen-bond donors (Lipinski definition) is 2. The van der Waals surface area contributed by atoms with Crippen LogP contribution < -0.4 is 5.32 Å². The second-order valence-electron chi connectivity index (χ2n) is 10.3. The molecule has 7 nitrogen and oxygen atoms in total. The summed E-state index contributed by atoms with van der Waals surface area (Å²) in [5.74, 6) is -0.174. The number of rotatable bonds is 3. The molecule has 0 saturated carbocycles. The van der Waals surface area contributed by atoms with Crippen LogP contribution in [0.4, 0.5) is 4.79 Å². The molecule has 2 amide bonds. The Hall–Kier alpha value is -2.05. The Bertz CT molecular complexity index is 708. The molecule has 0 radical (unpaired) electrons. The number of aromatic amines is 1. The van der Waals surface area contributed by atoms with E-state index in [2.05, 4.69) is 36.3 Å². The van der Waals surface area contributed by atoms with E-state index in [1.807, 2.05) is 34.6 Å². The zero-order valence-corrected chi connectivity index (χ0v) is 17.9. The lowest BCUT2D eigenvalue weighted by Gasteiger charge is -2.33. The van der Waals surface area contributed by atoms with Crippen molar-refractivity contribution in [2.75, 3.05) is 6.54 Å². The van der Waals surface area contributed by atoms with Gasteiger partial charge in [-0.2, -0.15) is 5.10 Å². The molecule has 0 saturated heterocycles. The van der Waals surface area contributed by atoms with E-state index < -0.39 is 5.60 Å². The highest BCUT2D eigenvalue weighted by molar-refractivity contribution is 5.94. The van der Waals surface area contributed by atoms with Crippen molar-refractivity contribution in [3.63, 3.8) is 0 Å². The Kier molecular flexibility index (Phi) is 5.64. The molecule has 0 fully saturated rings. The molecule has 0 bridgehead atoms. The molecule has 7 heteroatoms. The summed E-state index contributed by atoms with van der Waals surface area (Å²) in [5, 5.41) is 10.3. The zero-order chi connectivity index (χ0) is 20.6. The summed E-state index contributed by atoms with van der Waals surface area (Å²) in [7, 11) is 0. The van der Waals surface area contributed by atoms with Crippen molar-refractivity contribution >= 4 is 12.0 Å². The molecule has 152 valence electrons. The molecule has 27 heavy (non-hydrogen) atoms. The highest BCUT2D eigenvalue weighted by atomic mass is 16.6. The predicted molar refractivity (Wildman–Crippen MR) is 105 cm³/mol. The van der Waals surface area contributed by atoms with E-state index in [9.17, 15) is 9.59 Å². The van der Waals surface area contributed by atoms with Gasteiger partial charge >= 0.3 is 6.09 Å². The van der Waals surface area contributed by atoms with Crippen LogP contribution in [0, 0.1) is 5.41 Å². The number of carbonyl (C=O) groups excluding carboxylic acids is 2. The number of H-pyrrole nitrogens is 1. The van der Waals surface area contributed by atoms with Crippen LogP contribution in [0.1, 0.15) is 83.6 Å². The van der Waals surface area contributed by atoms with Gasteiger partial charge in [-0.3, -0.25) is 9.89 Å². The third kappa shape index (κ3) is 5.97. The number of nitrogens with zero attached hydrogens (tertiary/aromatic N) is 2. The first-order valence-corrected chi connectivity index (χ1v) is 9.53. The molecular weight excluding hydrogens is 344 g/mol. The third-order valence-corrected chi connectivity index (χ3v) is 4.22. The van der Waals surface area contributed by atoms with E-state index in [0.717, 1.165) is 17.7 Å². The standard InChI is InChI=1S/C20H34N4O3/c1-18(2,3)12-20(7,8)21-16(25)15-13-9-10-24(11-14(13)22-23-15)17(26)27-19(4,5)6/h9-12H2,1-8H3,(H,21,25)(H,22,23). The van der Waals surface area contributed by atoms with Gasteiger partial charge in [-0.15, -0.1) is 0 Å². The summed E-state index contributed by atoms with van der Waals surface area (Å²) in [4.78, 5) is 26.7. The number of amides is 2. The summed E-state index contributed by atoms with van der Waals surface area (Å²) in [6, 6.07) is 0. The average Bonchev–Trinajstić information content (AvgIpc) is 2.84. The Morgan fingerprint density at radius 3 is 2.33 bits per heavy atom. The summed E-state index contributed by atoms with van der Waals surface area (Å²) in [5.41, 5.74) is 1.35. The Morgan fingerprint density at radius 2 is 1.78 bits per heavy atom. The smallest absolute Gasteiger partial charge is 0.410 e. The SMILES string of the molecule is CC(C)(C)CC(C)(C)NC(=O)c1n[nH]c2c1CCN(C(=O)OC(C)(C)C)C2. The highest BCUT2D eigenvalue weighted by Gasteiger charge is 2.32.